The van der Waals surface area contributed by atoms with Gasteiger partial charge in [0.2, 0.25) is 0 Å². The first kappa shape index (κ1) is 14.7. The molecule has 0 saturated heterocycles. The van der Waals surface area contributed by atoms with Crippen molar-refractivity contribution in [2.24, 2.45) is 0 Å². The van der Waals surface area contributed by atoms with E-state index in [9.17, 15) is 4.39 Å². The van der Waals surface area contributed by atoms with Crippen LogP contribution >= 0.6 is 0 Å². The first-order valence-electron chi connectivity index (χ1n) is 6.07. The Balaban J connectivity index is 3.14. The lowest BCUT2D eigenvalue weighted by molar-refractivity contribution is 0.303. The van der Waals surface area contributed by atoms with Crippen molar-refractivity contribution in [1.82, 2.24) is 5.32 Å². The van der Waals surface area contributed by atoms with E-state index in [4.69, 9.17) is 5.11 Å². The number of rotatable bonds is 7. The molecule has 0 bridgehead atoms. The van der Waals surface area contributed by atoms with Gasteiger partial charge in [-0.25, -0.2) is 4.39 Å². The molecule has 2 N–H and O–H groups in total. The van der Waals surface area contributed by atoms with Gasteiger partial charge in [-0.1, -0.05) is 6.08 Å². The van der Waals surface area contributed by atoms with Gasteiger partial charge in [0.1, 0.15) is 5.82 Å². The molecule has 1 atom stereocenters. The molecule has 1 aromatic carbocycles. The molecule has 0 aromatic heterocycles. The Labute approximate surface area is 108 Å². The van der Waals surface area contributed by atoms with E-state index in [1.54, 1.807) is 12.1 Å². The van der Waals surface area contributed by atoms with Gasteiger partial charge in [0.05, 0.1) is 6.61 Å². The zero-order valence-corrected chi connectivity index (χ0v) is 11.0. The van der Waals surface area contributed by atoms with Gasteiger partial charge in [-0.15, -0.1) is 6.58 Å². The number of hydrogen-bond donors (Lipinski definition) is 2. The minimum Gasteiger partial charge on any atom is -0.395 e. The van der Waals surface area contributed by atoms with Crippen molar-refractivity contribution < 1.29 is 9.50 Å². The first-order valence-corrected chi connectivity index (χ1v) is 6.07. The van der Waals surface area contributed by atoms with Crippen molar-refractivity contribution in [1.29, 1.82) is 0 Å². The molecular weight excluding hydrogens is 231 g/mol. The molecule has 0 saturated carbocycles. The Morgan fingerprint density at radius 3 is 2.83 bits per heavy atom. The van der Waals surface area contributed by atoms with Crippen LogP contribution in [0.25, 0.3) is 0 Å². The predicted molar refractivity (Wildman–Crippen MR) is 73.4 cm³/mol. The van der Waals surface area contributed by atoms with Crippen LogP contribution in [0, 0.1) is 5.82 Å². The smallest absolute Gasteiger partial charge is 0.123 e. The van der Waals surface area contributed by atoms with Crippen LogP contribution in [0.1, 0.15) is 18.5 Å². The van der Waals surface area contributed by atoms with Gasteiger partial charge in [-0.05, 0) is 37.7 Å². The van der Waals surface area contributed by atoms with Gasteiger partial charge in [-0.3, -0.25) is 0 Å². The summed E-state index contributed by atoms with van der Waals surface area (Å²) >= 11 is 0. The molecule has 0 aliphatic heterocycles. The second-order valence-corrected chi connectivity index (χ2v) is 4.17. The number of aliphatic hydroxyl groups is 1. The quantitative estimate of drug-likeness (QED) is 0.729. The summed E-state index contributed by atoms with van der Waals surface area (Å²) in [6.45, 7) is 6.86. The van der Waals surface area contributed by atoms with E-state index in [2.05, 4.69) is 11.9 Å². The molecule has 1 unspecified atom stereocenters. The number of aliphatic hydroxyl groups excluding tert-OH is 1. The van der Waals surface area contributed by atoms with Gasteiger partial charge < -0.3 is 15.3 Å². The summed E-state index contributed by atoms with van der Waals surface area (Å²) < 4.78 is 13.4. The normalized spacial score (nSPS) is 12.2. The second-order valence-electron chi connectivity index (χ2n) is 4.17. The number of anilines is 1. The Morgan fingerprint density at radius 2 is 2.28 bits per heavy atom. The van der Waals surface area contributed by atoms with Crippen molar-refractivity contribution in [3.63, 3.8) is 0 Å². The summed E-state index contributed by atoms with van der Waals surface area (Å²) in [5, 5.41) is 12.2. The van der Waals surface area contributed by atoms with Gasteiger partial charge in [0.25, 0.3) is 0 Å². The zero-order chi connectivity index (χ0) is 13.5. The molecule has 0 radical (unpaired) electrons. The lowest BCUT2D eigenvalue weighted by Gasteiger charge is -2.27. The minimum atomic E-state index is -0.251. The number of nitrogens with one attached hydrogen (secondary N) is 1. The summed E-state index contributed by atoms with van der Waals surface area (Å²) in [5.41, 5.74) is 1.81. The van der Waals surface area contributed by atoms with Crippen LogP contribution in [0.5, 0.6) is 0 Å². The molecule has 0 amide bonds. The molecule has 0 heterocycles. The minimum absolute atomic E-state index is 0.0432. The maximum Gasteiger partial charge on any atom is 0.123 e. The fraction of sp³-hybridized carbons (Fsp3) is 0.429. The van der Waals surface area contributed by atoms with E-state index in [1.165, 1.54) is 12.1 Å². The molecule has 18 heavy (non-hydrogen) atoms. The summed E-state index contributed by atoms with van der Waals surface area (Å²) in [7, 11) is 1.84. The third kappa shape index (κ3) is 3.55. The van der Waals surface area contributed by atoms with E-state index in [0.717, 1.165) is 11.3 Å². The fourth-order valence-electron chi connectivity index (χ4n) is 1.90. The van der Waals surface area contributed by atoms with E-state index >= 15 is 0 Å². The van der Waals surface area contributed by atoms with Crippen molar-refractivity contribution in [3.05, 3.63) is 42.2 Å². The summed E-state index contributed by atoms with van der Waals surface area (Å²) in [4.78, 5) is 1.98. The molecule has 0 spiro atoms. The maximum atomic E-state index is 13.4. The van der Waals surface area contributed by atoms with Crippen molar-refractivity contribution in [2.45, 2.75) is 13.0 Å². The van der Waals surface area contributed by atoms with Crippen LogP contribution in [0.4, 0.5) is 10.1 Å². The highest BCUT2D eigenvalue weighted by Gasteiger charge is 2.14. The van der Waals surface area contributed by atoms with E-state index in [-0.39, 0.29) is 18.5 Å². The third-order valence-electron chi connectivity index (χ3n) is 2.95. The average molecular weight is 252 g/mol. The number of halogens is 1. The van der Waals surface area contributed by atoms with Crippen molar-refractivity contribution >= 4 is 5.69 Å². The van der Waals surface area contributed by atoms with Gasteiger partial charge in [-0.2, -0.15) is 0 Å². The Kier molecular flexibility index (Phi) is 5.82. The van der Waals surface area contributed by atoms with Crippen LogP contribution in [0.2, 0.25) is 0 Å². The van der Waals surface area contributed by atoms with Crippen molar-refractivity contribution in [3.8, 4) is 0 Å². The van der Waals surface area contributed by atoms with E-state index in [1.807, 2.05) is 18.9 Å². The monoisotopic (exact) mass is 252 g/mol. The second kappa shape index (κ2) is 7.13. The van der Waals surface area contributed by atoms with Crippen LogP contribution in [0.3, 0.4) is 0 Å². The molecule has 0 aliphatic rings. The Morgan fingerprint density at radius 1 is 1.56 bits per heavy atom. The van der Waals surface area contributed by atoms with Crippen LogP contribution < -0.4 is 10.2 Å². The lowest BCUT2D eigenvalue weighted by Crippen LogP contribution is -2.29. The lowest BCUT2D eigenvalue weighted by atomic mass is 10.0. The van der Waals surface area contributed by atoms with Crippen LogP contribution in [-0.2, 0) is 0 Å². The predicted octanol–water partition coefficient (Wildman–Crippen LogP) is 2.09. The summed E-state index contributed by atoms with van der Waals surface area (Å²) in [6.07, 6.45) is 1.77. The molecule has 100 valence electrons. The van der Waals surface area contributed by atoms with Crippen LogP contribution in [-0.4, -0.2) is 31.9 Å². The number of benzene rings is 1. The highest BCUT2D eigenvalue weighted by molar-refractivity contribution is 5.55. The Bertz CT molecular complexity index is 395. The summed E-state index contributed by atoms with van der Waals surface area (Å²) in [6, 6.07) is 4.76. The summed E-state index contributed by atoms with van der Waals surface area (Å²) in [5.74, 6) is -0.251. The molecule has 4 heteroatoms. The SMILES string of the molecule is C=CCN(CCO)c1ccc(F)cc1C(C)NC. The van der Waals surface area contributed by atoms with Gasteiger partial charge in [0.15, 0.2) is 0 Å². The standard InChI is InChI=1S/C14H21FN2O/c1-4-7-17(8-9-18)14-6-5-12(15)10-13(14)11(2)16-3/h4-6,10-11,16,18H,1,7-9H2,2-3H3. The number of nitrogens with zero attached hydrogens (tertiary/aromatic N) is 1. The molecule has 0 fully saturated rings. The highest BCUT2D eigenvalue weighted by atomic mass is 19.1. The molecule has 0 aliphatic carbocycles. The number of hydrogen-bond acceptors (Lipinski definition) is 3. The largest absolute Gasteiger partial charge is 0.395 e. The van der Waals surface area contributed by atoms with Crippen molar-refractivity contribution in [2.75, 3.05) is 31.6 Å². The highest BCUT2D eigenvalue weighted by Crippen LogP contribution is 2.27. The van der Waals surface area contributed by atoms with Gasteiger partial charge >= 0.3 is 0 Å². The van der Waals surface area contributed by atoms with E-state index < -0.39 is 0 Å². The Hall–Kier alpha value is -1.39. The average Bonchev–Trinajstić information content (AvgIpc) is 2.37. The molecule has 1 rings (SSSR count). The van der Waals surface area contributed by atoms with Gasteiger partial charge in [0, 0.05) is 24.8 Å². The first-order chi connectivity index (χ1) is 8.63. The molecule has 3 nitrogen and oxygen atoms in total. The zero-order valence-electron chi connectivity index (χ0n) is 11.0. The van der Waals surface area contributed by atoms with E-state index in [0.29, 0.717) is 13.1 Å². The topological polar surface area (TPSA) is 35.5 Å². The molecular formula is C14H21FN2O. The maximum absolute atomic E-state index is 13.4. The fourth-order valence-corrected chi connectivity index (χ4v) is 1.90. The molecule has 1 aromatic rings. The third-order valence-corrected chi connectivity index (χ3v) is 2.95. The van der Waals surface area contributed by atoms with Crippen LogP contribution in [0.15, 0.2) is 30.9 Å².